The van der Waals surface area contributed by atoms with Gasteiger partial charge in [0.05, 0.1) is 12.3 Å². The van der Waals surface area contributed by atoms with Crippen molar-refractivity contribution in [3.8, 4) is 0 Å². The average Bonchev–Trinajstić information content (AvgIpc) is 2.28. The molecule has 0 amide bonds. The molecule has 0 saturated carbocycles. The van der Waals surface area contributed by atoms with Gasteiger partial charge in [0.25, 0.3) is 0 Å². The molecule has 1 fully saturated rings. The fourth-order valence-corrected chi connectivity index (χ4v) is 1.78. The van der Waals surface area contributed by atoms with Crippen molar-refractivity contribution in [1.82, 2.24) is 10.6 Å². The van der Waals surface area contributed by atoms with Crippen LogP contribution < -0.4 is 22.1 Å². The highest BCUT2D eigenvalue weighted by Gasteiger charge is 2.20. The van der Waals surface area contributed by atoms with E-state index in [-0.39, 0.29) is 6.17 Å². The van der Waals surface area contributed by atoms with Crippen LogP contribution >= 0.6 is 0 Å². The zero-order valence-electron chi connectivity index (χ0n) is 8.42. The second-order valence-corrected chi connectivity index (χ2v) is 3.79. The lowest BCUT2D eigenvalue weighted by atomic mass is 10.1. The summed E-state index contributed by atoms with van der Waals surface area (Å²) in [5, 5.41) is 6.84. The summed E-state index contributed by atoms with van der Waals surface area (Å²) in [6, 6.07) is 0.428. The van der Waals surface area contributed by atoms with E-state index in [1.165, 1.54) is 0 Å². The molecular formula is C9H22N4. The molecule has 0 aromatic heterocycles. The molecule has 0 aliphatic carbocycles. The summed E-state index contributed by atoms with van der Waals surface area (Å²) >= 11 is 0. The molecule has 13 heavy (non-hydrogen) atoms. The molecule has 0 bridgehead atoms. The monoisotopic (exact) mass is 186 g/mol. The Balaban J connectivity index is 2.42. The van der Waals surface area contributed by atoms with Crippen molar-refractivity contribution in [2.24, 2.45) is 11.5 Å². The predicted molar refractivity (Wildman–Crippen MR) is 55.0 cm³/mol. The van der Waals surface area contributed by atoms with Crippen molar-refractivity contribution in [3.05, 3.63) is 0 Å². The third-order valence-electron chi connectivity index (χ3n) is 2.54. The molecule has 1 aliphatic rings. The van der Waals surface area contributed by atoms with Crippen molar-refractivity contribution in [2.45, 2.75) is 51.0 Å². The Hall–Kier alpha value is -0.160. The lowest BCUT2D eigenvalue weighted by Gasteiger charge is -2.22. The summed E-state index contributed by atoms with van der Waals surface area (Å²) in [7, 11) is 0. The maximum absolute atomic E-state index is 5.88. The maximum Gasteiger partial charge on any atom is 0.0586 e. The third kappa shape index (κ3) is 3.60. The molecule has 1 aliphatic heterocycles. The standard InChI is InChI=1S/C9H22N4/c1-2-3-9-12-7(6-10)4-5-8(11)13-9/h7-9,12-13H,2-6,10-11H2,1H3. The first-order valence-corrected chi connectivity index (χ1v) is 5.24. The van der Waals surface area contributed by atoms with Crippen LogP contribution in [0.2, 0.25) is 0 Å². The van der Waals surface area contributed by atoms with Gasteiger partial charge in [0, 0.05) is 12.6 Å². The fourth-order valence-electron chi connectivity index (χ4n) is 1.78. The molecule has 1 heterocycles. The van der Waals surface area contributed by atoms with E-state index >= 15 is 0 Å². The highest BCUT2D eigenvalue weighted by molar-refractivity contribution is 4.80. The highest BCUT2D eigenvalue weighted by atomic mass is 15.2. The number of rotatable bonds is 3. The molecule has 0 aromatic rings. The molecule has 4 heteroatoms. The first-order chi connectivity index (χ1) is 6.26. The van der Waals surface area contributed by atoms with Gasteiger partial charge in [-0.15, -0.1) is 0 Å². The summed E-state index contributed by atoms with van der Waals surface area (Å²) in [4.78, 5) is 0. The van der Waals surface area contributed by atoms with Gasteiger partial charge in [-0.05, 0) is 19.3 Å². The summed E-state index contributed by atoms with van der Waals surface area (Å²) in [5.74, 6) is 0. The van der Waals surface area contributed by atoms with E-state index < -0.39 is 0 Å². The van der Waals surface area contributed by atoms with Crippen LogP contribution in [0.5, 0.6) is 0 Å². The van der Waals surface area contributed by atoms with E-state index in [2.05, 4.69) is 17.6 Å². The van der Waals surface area contributed by atoms with Crippen LogP contribution in [0.3, 0.4) is 0 Å². The Kier molecular flexibility index (Phi) is 4.66. The van der Waals surface area contributed by atoms with Crippen LogP contribution in [0, 0.1) is 0 Å². The molecule has 0 spiro atoms. The molecule has 0 radical (unpaired) electrons. The van der Waals surface area contributed by atoms with Crippen molar-refractivity contribution < 1.29 is 0 Å². The van der Waals surface area contributed by atoms with Gasteiger partial charge < -0.3 is 11.5 Å². The number of hydrogen-bond donors (Lipinski definition) is 4. The van der Waals surface area contributed by atoms with E-state index in [4.69, 9.17) is 11.5 Å². The zero-order valence-corrected chi connectivity index (χ0v) is 8.42. The van der Waals surface area contributed by atoms with E-state index in [1.54, 1.807) is 0 Å². The van der Waals surface area contributed by atoms with Crippen molar-refractivity contribution in [1.29, 1.82) is 0 Å². The van der Waals surface area contributed by atoms with Gasteiger partial charge in [-0.3, -0.25) is 10.6 Å². The van der Waals surface area contributed by atoms with Crippen LogP contribution in [0.4, 0.5) is 0 Å². The first-order valence-electron chi connectivity index (χ1n) is 5.24. The zero-order chi connectivity index (χ0) is 9.68. The Labute approximate surface area is 80.4 Å². The Morgan fingerprint density at radius 2 is 2.08 bits per heavy atom. The van der Waals surface area contributed by atoms with Crippen LogP contribution in [-0.2, 0) is 0 Å². The van der Waals surface area contributed by atoms with Gasteiger partial charge in [-0.25, -0.2) is 0 Å². The lowest BCUT2D eigenvalue weighted by Crippen LogP contribution is -2.51. The largest absolute Gasteiger partial charge is 0.329 e. The highest BCUT2D eigenvalue weighted by Crippen LogP contribution is 2.06. The molecule has 1 saturated heterocycles. The van der Waals surface area contributed by atoms with Gasteiger partial charge >= 0.3 is 0 Å². The molecule has 0 aromatic carbocycles. The lowest BCUT2D eigenvalue weighted by molar-refractivity contribution is 0.360. The Bertz CT molecular complexity index is 140. The molecule has 3 unspecified atom stereocenters. The SMILES string of the molecule is CCCC1NC(N)CCC(CN)N1. The smallest absolute Gasteiger partial charge is 0.0586 e. The van der Waals surface area contributed by atoms with Crippen molar-refractivity contribution in [3.63, 3.8) is 0 Å². The molecule has 1 rings (SSSR count). The molecule has 78 valence electrons. The first kappa shape index (κ1) is 10.9. The summed E-state index contributed by atoms with van der Waals surface area (Å²) in [6.07, 6.45) is 4.83. The molecule has 4 nitrogen and oxygen atoms in total. The fraction of sp³-hybridized carbons (Fsp3) is 1.00. The molecule has 3 atom stereocenters. The normalized spacial score (nSPS) is 35.8. The maximum atomic E-state index is 5.88. The van der Waals surface area contributed by atoms with Crippen LogP contribution in [0.25, 0.3) is 0 Å². The van der Waals surface area contributed by atoms with Gasteiger partial charge in [-0.1, -0.05) is 13.3 Å². The summed E-state index contributed by atoms with van der Waals surface area (Å²) in [5.41, 5.74) is 11.5. The van der Waals surface area contributed by atoms with Gasteiger partial charge in [-0.2, -0.15) is 0 Å². The summed E-state index contributed by atoms with van der Waals surface area (Å²) in [6.45, 7) is 2.88. The van der Waals surface area contributed by atoms with Crippen LogP contribution in [-0.4, -0.2) is 24.9 Å². The Morgan fingerprint density at radius 3 is 2.69 bits per heavy atom. The van der Waals surface area contributed by atoms with Crippen molar-refractivity contribution in [2.75, 3.05) is 6.54 Å². The van der Waals surface area contributed by atoms with E-state index in [1.807, 2.05) is 0 Å². The number of nitrogens with one attached hydrogen (secondary N) is 2. The predicted octanol–water partition coefficient (Wildman–Crippen LogP) is -0.302. The summed E-state index contributed by atoms with van der Waals surface area (Å²) < 4.78 is 0. The molecular weight excluding hydrogens is 164 g/mol. The van der Waals surface area contributed by atoms with Crippen molar-refractivity contribution >= 4 is 0 Å². The van der Waals surface area contributed by atoms with Crippen LogP contribution in [0.15, 0.2) is 0 Å². The number of hydrogen-bond acceptors (Lipinski definition) is 4. The third-order valence-corrected chi connectivity index (χ3v) is 2.54. The quantitative estimate of drug-likeness (QED) is 0.488. The molecule has 6 N–H and O–H groups in total. The van der Waals surface area contributed by atoms with E-state index in [0.717, 1.165) is 25.7 Å². The second kappa shape index (κ2) is 5.54. The Morgan fingerprint density at radius 1 is 1.31 bits per heavy atom. The van der Waals surface area contributed by atoms with E-state index in [9.17, 15) is 0 Å². The van der Waals surface area contributed by atoms with Gasteiger partial charge in [0.15, 0.2) is 0 Å². The van der Waals surface area contributed by atoms with Gasteiger partial charge in [0.2, 0.25) is 0 Å². The van der Waals surface area contributed by atoms with E-state index in [0.29, 0.717) is 18.8 Å². The minimum Gasteiger partial charge on any atom is -0.329 e. The second-order valence-electron chi connectivity index (χ2n) is 3.79. The van der Waals surface area contributed by atoms with Crippen LogP contribution in [0.1, 0.15) is 32.6 Å². The number of nitrogens with two attached hydrogens (primary N) is 2. The topological polar surface area (TPSA) is 76.1 Å². The average molecular weight is 186 g/mol. The van der Waals surface area contributed by atoms with Gasteiger partial charge in [0.1, 0.15) is 0 Å². The minimum atomic E-state index is 0.126. The minimum absolute atomic E-state index is 0.126.